The van der Waals surface area contributed by atoms with Crippen molar-refractivity contribution in [2.75, 3.05) is 52.7 Å². The summed E-state index contributed by atoms with van der Waals surface area (Å²) in [5, 5.41) is 0. The second-order valence-electron chi connectivity index (χ2n) is 3.19. The van der Waals surface area contributed by atoms with Crippen molar-refractivity contribution in [1.82, 2.24) is 0 Å². The van der Waals surface area contributed by atoms with Crippen LogP contribution in [0.5, 0.6) is 0 Å². The SMILES string of the molecule is NCCCOCCOCCOCCC[NH3+]. The van der Waals surface area contributed by atoms with Gasteiger partial charge in [-0.05, 0) is 13.0 Å². The van der Waals surface area contributed by atoms with E-state index in [1.807, 2.05) is 0 Å². The fourth-order valence-corrected chi connectivity index (χ4v) is 0.931. The Kier molecular flexibility index (Phi) is 13.6. The molecule has 0 saturated carbocycles. The first kappa shape index (κ1) is 14.8. The Morgan fingerprint density at radius 2 is 1.20 bits per heavy atom. The van der Waals surface area contributed by atoms with Gasteiger partial charge in [0, 0.05) is 13.0 Å². The molecule has 0 atom stereocenters. The summed E-state index contributed by atoms with van der Waals surface area (Å²) < 4.78 is 15.9. The lowest BCUT2D eigenvalue weighted by Gasteiger charge is -2.05. The molecule has 0 bridgehead atoms. The van der Waals surface area contributed by atoms with Crippen LogP contribution in [0.4, 0.5) is 0 Å². The molecule has 0 aromatic heterocycles. The molecule has 0 radical (unpaired) electrons. The van der Waals surface area contributed by atoms with Crippen molar-refractivity contribution >= 4 is 0 Å². The molecule has 0 amide bonds. The topological polar surface area (TPSA) is 81.4 Å². The molecule has 5 heteroatoms. The number of ether oxygens (including phenoxy) is 3. The van der Waals surface area contributed by atoms with Gasteiger partial charge in [0.05, 0.1) is 39.6 Å². The minimum atomic E-state index is 0.628. The number of hydrogen-bond acceptors (Lipinski definition) is 4. The summed E-state index contributed by atoms with van der Waals surface area (Å²) in [5.41, 5.74) is 9.05. The summed E-state index contributed by atoms with van der Waals surface area (Å²) in [6.07, 6.45) is 1.93. The predicted octanol–water partition coefficient (Wildman–Crippen LogP) is -0.983. The van der Waals surface area contributed by atoms with E-state index < -0.39 is 0 Å². The first-order chi connectivity index (χ1) is 7.41. The third kappa shape index (κ3) is 13.8. The van der Waals surface area contributed by atoms with Crippen LogP contribution in [0.2, 0.25) is 0 Å². The standard InChI is InChI=1S/C10H24N2O3/c11-3-1-5-13-7-9-15-10-8-14-6-2-4-12/h1-12H2/p+1. The highest BCUT2D eigenvalue weighted by Crippen LogP contribution is 1.84. The number of quaternary nitrogens is 1. The Morgan fingerprint density at radius 1 is 0.733 bits per heavy atom. The highest BCUT2D eigenvalue weighted by atomic mass is 16.5. The predicted molar refractivity (Wildman–Crippen MR) is 58.5 cm³/mol. The molecule has 0 fully saturated rings. The van der Waals surface area contributed by atoms with Gasteiger partial charge in [0.2, 0.25) is 0 Å². The Hall–Kier alpha value is -0.200. The molecule has 0 aliphatic rings. The summed E-state index contributed by atoms with van der Waals surface area (Å²) >= 11 is 0. The molecular weight excluding hydrogens is 196 g/mol. The van der Waals surface area contributed by atoms with Crippen LogP contribution in [-0.2, 0) is 14.2 Å². The second-order valence-corrected chi connectivity index (χ2v) is 3.19. The maximum atomic E-state index is 5.32. The molecule has 0 rings (SSSR count). The molecular formula is C10H25N2O3+. The van der Waals surface area contributed by atoms with E-state index in [4.69, 9.17) is 19.9 Å². The zero-order chi connectivity index (χ0) is 11.2. The van der Waals surface area contributed by atoms with Crippen molar-refractivity contribution in [3.8, 4) is 0 Å². The monoisotopic (exact) mass is 221 g/mol. The summed E-state index contributed by atoms with van der Waals surface area (Å²) in [6, 6.07) is 0. The third-order valence-electron chi connectivity index (χ3n) is 1.78. The maximum absolute atomic E-state index is 5.32. The molecule has 5 N–H and O–H groups in total. The highest BCUT2D eigenvalue weighted by Gasteiger charge is 1.91. The highest BCUT2D eigenvalue weighted by molar-refractivity contribution is 4.37. The lowest BCUT2D eigenvalue weighted by molar-refractivity contribution is -0.369. The van der Waals surface area contributed by atoms with Crippen LogP contribution in [-0.4, -0.2) is 52.7 Å². The van der Waals surface area contributed by atoms with E-state index in [0.717, 1.165) is 32.6 Å². The fourth-order valence-electron chi connectivity index (χ4n) is 0.931. The normalized spacial score (nSPS) is 10.8. The number of hydrogen-bond donors (Lipinski definition) is 2. The van der Waals surface area contributed by atoms with Crippen molar-refractivity contribution in [3.63, 3.8) is 0 Å². The third-order valence-corrected chi connectivity index (χ3v) is 1.78. The second kappa shape index (κ2) is 13.8. The molecule has 0 aliphatic carbocycles. The van der Waals surface area contributed by atoms with Gasteiger partial charge in [0.1, 0.15) is 0 Å². The van der Waals surface area contributed by atoms with Crippen LogP contribution in [0.3, 0.4) is 0 Å². The Morgan fingerprint density at radius 3 is 1.67 bits per heavy atom. The van der Waals surface area contributed by atoms with Crippen molar-refractivity contribution in [2.24, 2.45) is 5.73 Å². The van der Waals surface area contributed by atoms with Gasteiger partial charge < -0.3 is 25.7 Å². The summed E-state index contributed by atoms with van der Waals surface area (Å²) in [5.74, 6) is 0. The van der Waals surface area contributed by atoms with Gasteiger partial charge in [0.15, 0.2) is 0 Å². The van der Waals surface area contributed by atoms with E-state index in [9.17, 15) is 0 Å². The largest absolute Gasteiger partial charge is 0.379 e. The molecule has 0 heterocycles. The van der Waals surface area contributed by atoms with Crippen LogP contribution in [0.15, 0.2) is 0 Å². The van der Waals surface area contributed by atoms with Crippen molar-refractivity contribution in [1.29, 1.82) is 0 Å². The average molecular weight is 221 g/mol. The van der Waals surface area contributed by atoms with Crippen molar-refractivity contribution in [3.05, 3.63) is 0 Å². The van der Waals surface area contributed by atoms with E-state index in [1.165, 1.54) is 0 Å². The number of rotatable bonds is 12. The quantitative estimate of drug-likeness (QED) is 0.415. The molecule has 0 saturated heterocycles. The minimum Gasteiger partial charge on any atom is -0.379 e. The van der Waals surface area contributed by atoms with Gasteiger partial charge in [-0.2, -0.15) is 0 Å². The Bertz CT molecular complexity index is 103. The van der Waals surface area contributed by atoms with Crippen molar-refractivity contribution in [2.45, 2.75) is 12.8 Å². The van der Waals surface area contributed by atoms with Gasteiger partial charge in [-0.15, -0.1) is 0 Å². The van der Waals surface area contributed by atoms with Gasteiger partial charge in [0.25, 0.3) is 0 Å². The van der Waals surface area contributed by atoms with Crippen LogP contribution in [0.25, 0.3) is 0 Å². The summed E-state index contributed by atoms with van der Waals surface area (Å²) in [7, 11) is 0. The summed E-state index contributed by atoms with van der Waals surface area (Å²) in [4.78, 5) is 0. The van der Waals surface area contributed by atoms with Crippen LogP contribution in [0.1, 0.15) is 12.8 Å². The Balaban J connectivity index is 2.81. The number of nitrogens with two attached hydrogens (primary N) is 1. The lowest BCUT2D eigenvalue weighted by Crippen LogP contribution is -2.50. The van der Waals surface area contributed by atoms with E-state index in [1.54, 1.807) is 0 Å². The van der Waals surface area contributed by atoms with Crippen LogP contribution < -0.4 is 11.5 Å². The molecule has 0 aromatic carbocycles. The average Bonchev–Trinajstić information content (AvgIpc) is 2.26. The van der Waals surface area contributed by atoms with Gasteiger partial charge in [-0.1, -0.05) is 0 Å². The summed E-state index contributed by atoms with van der Waals surface area (Å²) in [6.45, 7) is 5.67. The fraction of sp³-hybridized carbons (Fsp3) is 1.00. The van der Waals surface area contributed by atoms with Crippen molar-refractivity contribution < 1.29 is 19.9 Å². The zero-order valence-corrected chi connectivity index (χ0v) is 9.58. The smallest absolute Gasteiger partial charge is 0.0762 e. The van der Waals surface area contributed by atoms with E-state index in [2.05, 4.69) is 5.73 Å². The molecule has 0 unspecified atom stereocenters. The maximum Gasteiger partial charge on any atom is 0.0762 e. The first-order valence-corrected chi connectivity index (χ1v) is 5.64. The molecule has 0 aliphatic heterocycles. The first-order valence-electron chi connectivity index (χ1n) is 5.64. The lowest BCUT2D eigenvalue weighted by atomic mass is 10.5. The van der Waals surface area contributed by atoms with E-state index in [0.29, 0.717) is 33.0 Å². The molecule has 0 spiro atoms. The van der Waals surface area contributed by atoms with Crippen LogP contribution >= 0.6 is 0 Å². The molecule has 5 nitrogen and oxygen atoms in total. The van der Waals surface area contributed by atoms with Crippen LogP contribution in [0, 0.1) is 0 Å². The van der Waals surface area contributed by atoms with Gasteiger partial charge in [-0.3, -0.25) is 0 Å². The van der Waals surface area contributed by atoms with E-state index in [-0.39, 0.29) is 0 Å². The Labute approximate surface area is 92.0 Å². The minimum absolute atomic E-state index is 0.628. The zero-order valence-electron chi connectivity index (χ0n) is 9.58. The van der Waals surface area contributed by atoms with E-state index >= 15 is 0 Å². The van der Waals surface area contributed by atoms with Gasteiger partial charge in [-0.25, -0.2) is 0 Å². The van der Waals surface area contributed by atoms with Gasteiger partial charge >= 0.3 is 0 Å². The molecule has 0 aromatic rings. The molecule has 15 heavy (non-hydrogen) atoms. The molecule has 92 valence electrons.